The predicted molar refractivity (Wildman–Crippen MR) is 193 cm³/mol. The van der Waals surface area contributed by atoms with Gasteiger partial charge in [0.05, 0.1) is 11.8 Å². The van der Waals surface area contributed by atoms with E-state index in [-0.39, 0.29) is 24.3 Å². The smallest absolute Gasteiger partial charge is 0.407 e. The number of unbranched alkanes of at least 4 members (excludes halogenated alkanes) is 1. The fourth-order valence-electron chi connectivity index (χ4n) is 6.83. The molecular formula is C36H49N7O8S. The molecule has 15 nitrogen and oxygen atoms in total. The maximum Gasteiger partial charge on any atom is 0.407 e. The largest absolute Gasteiger partial charge is 0.465 e. The van der Waals surface area contributed by atoms with Crippen molar-refractivity contribution in [2.24, 2.45) is 5.92 Å². The minimum absolute atomic E-state index is 0.0222. The molecule has 5 rings (SSSR count). The number of carboxylic acid groups (broad SMARTS) is 1. The predicted octanol–water partition coefficient (Wildman–Crippen LogP) is 3.98. The van der Waals surface area contributed by atoms with E-state index in [0.29, 0.717) is 70.5 Å². The number of amides is 4. The fourth-order valence-corrected chi connectivity index (χ4v) is 8.17. The second-order valence-corrected chi connectivity index (χ2v) is 15.6. The average Bonchev–Trinajstić information content (AvgIpc) is 3.48. The Morgan fingerprint density at radius 3 is 2.58 bits per heavy atom. The molecule has 2 aromatic rings. The van der Waals surface area contributed by atoms with E-state index in [1.165, 1.54) is 15.9 Å². The van der Waals surface area contributed by atoms with Gasteiger partial charge in [0.15, 0.2) is 0 Å². The molecule has 3 atom stereocenters. The Labute approximate surface area is 304 Å². The zero-order valence-electron chi connectivity index (χ0n) is 29.8. The number of likely N-dealkylation sites (tertiary alicyclic amines) is 1. The Morgan fingerprint density at radius 2 is 1.88 bits per heavy atom. The lowest BCUT2D eigenvalue weighted by molar-refractivity contribution is -0.140. The first-order valence-corrected chi connectivity index (χ1v) is 19.6. The molecule has 282 valence electrons. The lowest BCUT2D eigenvalue weighted by Gasteiger charge is -2.32. The maximum absolute atomic E-state index is 14.1. The highest BCUT2D eigenvalue weighted by Gasteiger charge is 2.42. The number of benzene rings is 1. The second-order valence-electron chi connectivity index (χ2n) is 13.6. The topological polar surface area (TPSA) is 204 Å². The van der Waals surface area contributed by atoms with Crippen LogP contribution in [0.5, 0.6) is 0 Å². The first kappa shape index (κ1) is 38.5. The summed E-state index contributed by atoms with van der Waals surface area (Å²) in [4.78, 5) is 54.8. The van der Waals surface area contributed by atoms with Crippen LogP contribution in [0.2, 0.25) is 0 Å². The summed E-state index contributed by atoms with van der Waals surface area (Å²) in [6, 6.07) is 3.23. The Bertz CT molecular complexity index is 1770. The third-order valence-electron chi connectivity index (χ3n) is 9.96. The second kappa shape index (κ2) is 17.2. The Morgan fingerprint density at radius 1 is 1.12 bits per heavy atom. The minimum atomic E-state index is -3.81. The quantitative estimate of drug-likeness (QED) is 0.127. The van der Waals surface area contributed by atoms with Crippen LogP contribution in [0.1, 0.15) is 94.2 Å². The van der Waals surface area contributed by atoms with Crippen molar-refractivity contribution in [1.29, 1.82) is 0 Å². The van der Waals surface area contributed by atoms with Crippen LogP contribution >= 0.6 is 0 Å². The van der Waals surface area contributed by atoms with Gasteiger partial charge in [-0.3, -0.25) is 24.0 Å². The number of fused-ring (bicyclic) bond motifs is 1. The highest BCUT2D eigenvalue weighted by Crippen LogP contribution is 2.29. The maximum atomic E-state index is 14.1. The fraction of sp³-hybridized carbons (Fsp3) is 0.556. The van der Waals surface area contributed by atoms with Crippen LogP contribution in [0, 0.1) is 5.92 Å². The number of allylic oxidation sites excluding steroid dienone is 1. The van der Waals surface area contributed by atoms with E-state index in [1.807, 2.05) is 44.2 Å². The van der Waals surface area contributed by atoms with Crippen LogP contribution in [0.25, 0.3) is 6.08 Å². The van der Waals surface area contributed by atoms with E-state index >= 15 is 0 Å². The Balaban J connectivity index is 1.17. The van der Waals surface area contributed by atoms with Gasteiger partial charge >= 0.3 is 12.1 Å². The molecule has 0 bridgehead atoms. The summed E-state index contributed by atoms with van der Waals surface area (Å²) in [5.74, 6) is -1.35. The van der Waals surface area contributed by atoms with Gasteiger partial charge in [-0.05, 0) is 67.6 Å². The van der Waals surface area contributed by atoms with Crippen molar-refractivity contribution in [2.75, 3.05) is 11.9 Å². The molecule has 3 aliphatic rings. The van der Waals surface area contributed by atoms with Crippen molar-refractivity contribution in [1.82, 2.24) is 30.0 Å². The third-order valence-corrected chi connectivity index (χ3v) is 11.8. The summed E-state index contributed by atoms with van der Waals surface area (Å²) in [6.45, 7) is 8.71. The van der Waals surface area contributed by atoms with E-state index in [9.17, 15) is 32.7 Å². The summed E-state index contributed by atoms with van der Waals surface area (Å²) < 4.78 is 32.7. The molecule has 3 heterocycles. The first-order chi connectivity index (χ1) is 24.9. The van der Waals surface area contributed by atoms with Crippen molar-refractivity contribution >= 4 is 45.9 Å². The molecule has 1 aromatic heterocycles. The van der Waals surface area contributed by atoms with Crippen LogP contribution < -0.4 is 15.4 Å². The van der Waals surface area contributed by atoms with E-state index in [0.717, 1.165) is 29.5 Å². The van der Waals surface area contributed by atoms with Gasteiger partial charge in [-0.2, -0.15) is 0 Å². The number of aryl methyl sites for hydroxylation is 1. The van der Waals surface area contributed by atoms with Gasteiger partial charge in [-0.1, -0.05) is 68.2 Å². The molecule has 2 fully saturated rings. The Hall–Kier alpha value is -4.73. The van der Waals surface area contributed by atoms with Gasteiger partial charge in [-0.25, -0.2) is 13.2 Å². The van der Waals surface area contributed by atoms with Crippen LogP contribution in [-0.4, -0.2) is 87.3 Å². The van der Waals surface area contributed by atoms with E-state index in [2.05, 4.69) is 32.1 Å². The Kier molecular flexibility index (Phi) is 12.7. The average molecular weight is 740 g/mol. The molecule has 4 amide bonds. The number of carbonyl (C=O) groups excluding carboxylic acids is 3. The van der Waals surface area contributed by atoms with Gasteiger partial charge in [0.25, 0.3) is 5.91 Å². The van der Waals surface area contributed by atoms with Crippen LogP contribution in [-0.2, 0) is 43.9 Å². The first-order valence-electron chi connectivity index (χ1n) is 18.1. The van der Waals surface area contributed by atoms with E-state index < -0.39 is 51.3 Å². The van der Waals surface area contributed by atoms with Gasteiger partial charge in [0.2, 0.25) is 27.7 Å². The summed E-state index contributed by atoms with van der Waals surface area (Å²) in [5.41, 5.74) is 3.04. The molecule has 4 N–H and O–H groups in total. The molecular weight excluding hydrogens is 691 g/mol. The van der Waals surface area contributed by atoms with Crippen molar-refractivity contribution in [3.63, 3.8) is 0 Å². The number of hydrogen-bond donors (Lipinski definition) is 4. The number of sulfonamides is 1. The summed E-state index contributed by atoms with van der Waals surface area (Å²) >= 11 is 0. The van der Waals surface area contributed by atoms with Gasteiger partial charge < -0.3 is 25.1 Å². The van der Waals surface area contributed by atoms with Crippen molar-refractivity contribution < 1.29 is 37.1 Å². The van der Waals surface area contributed by atoms with Crippen LogP contribution in [0.4, 0.5) is 10.8 Å². The van der Waals surface area contributed by atoms with Crippen molar-refractivity contribution in [2.45, 2.75) is 115 Å². The van der Waals surface area contributed by atoms with Crippen molar-refractivity contribution in [3.05, 3.63) is 59.5 Å². The lowest BCUT2D eigenvalue weighted by atomic mass is 9.93. The molecule has 2 aliphatic heterocycles. The molecule has 1 saturated heterocycles. The molecule has 52 heavy (non-hydrogen) atoms. The molecule has 16 heteroatoms. The monoisotopic (exact) mass is 739 g/mol. The molecule has 1 saturated carbocycles. The third kappa shape index (κ3) is 9.38. The highest BCUT2D eigenvalue weighted by molar-refractivity contribution is 7.90. The number of anilines is 1. The zero-order valence-corrected chi connectivity index (χ0v) is 30.6. The normalized spacial score (nSPS) is 18.3. The molecule has 2 unspecified atom stereocenters. The zero-order chi connectivity index (χ0) is 37.4. The molecule has 1 aromatic carbocycles. The highest BCUT2D eigenvalue weighted by atomic mass is 32.2. The number of nitrogens with one attached hydrogen (secondary N) is 3. The number of carbonyl (C=O) groups is 4. The number of rotatable bonds is 18. The lowest BCUT2D eigenvalue weighted by Crippen LogP contribution is -2.56. The molecule has 0 radical (unpaired) electrons. The van der Waals surface area contributed by atoms with E-state index in [4.69, 9.17) is 4.42 Å². The standard InChI is InChI=1S/C36H49N7O8S/c1-4-12-28(32(44)41-52(49,50)26-18-19-26)37-33(45)29-16-11-20-43(29)34(46)31(23(5-2)6-3)38-35-40-39-30(51-35)17-9-7-8-13-24-14-10-15-25-21-42(36(47)48)22-27(24)25/h4,8,10,13-15,23,26,28-29,31H,1,5-7,9,11-12,16-22H2,2-3H3,(H,37,45)(H,38,40)(H,41,44)(H,47,48)/b13-8+/t28?,29?,31-/m0/s1. The van der Waals surface area contributed by atoms with E-state index in [1.54, 1.807) is 0 Å². The number of hydrogen-bond acceptors (Lipinski definition) is 10. The summed E-state index contributed by atoms with van der Waals surface area (Å²) in [7, 11) is -3.81. The SMILES string of the molecule is C=CCC(NC(=O)C1CCCN1C(=O)[C@@H](Nc1nnc(CCC/C=C/c2cccc3c2CN(C(=O)O)C3)o1)C(CC)CC)C(=O)NS(=O)(=O)C1CC1. The molecule has 1 aliphatic carbocycles. The summed E-state index contributed by atoms with van der Waals surface area (Å²) in [6.07, 6.45) is 9.85. The minimum Gasteiger partial charge on any atom is -0.465 e. The number of nitrogens with zero attached hydrogens (tertiary/aromatic N) is 4. The van der Waals surface area contributed by atoms with Crippen LogP contribution in [0.3, 0.4) is 0 Å². The molecule has 0 spiro atoms. The van der Waals surface area contributed by atoms with Gasteiger partial charge in [-0.15, -0.1) is 11.7 Å². The number of aromatic nitrogens is 2. The summed E-state index contributed by atoms with van der Waals surface area (Å²) in [5, 5.41) is 22.9. The van der Waals surface area contributed by atoms with Crippen molar-refractivity contribution in [3.8, 4) is 0 Å². The van der Waals surface area contributed by atoms with Gasteiger partial charge in [0, 0.05) is 19.5 Å². The van der Waals surface area contributed by atoms with Gasteiger partial charge in [0.1, 0.15) is 18.1 Å². The van der Waals surface area contributed by atoms with Crippen LogP contribution in [0.15, 0.2) is 41.3 Å².